The molecule has 1 aliphatic rings. The Morgan fingerprint density at radius 1 is 1.40 bits per heavy atom. The van der Waals surface area contributed by atoms with Gasteiger partial charge in [0.1, 0.15) is 11.2 Å². The van der Waals surface area contributed by atoms with Crippen LogP contribution in [0.1, 0.15) is 18.9 Å². The Morgan fingerprint density at radius 3 is 2.72 bits per heavy atom. The third-order valence-corrected chi connectivity index (χ3v) is 4.97. The second-order valence-corrected chi connectivity index (χ2v) is 7.64. The van der Waals surface area contributed by atoms with Crippen molar-refractivity contribution in [1.82, 2.24) is 14.7 Å². The zero-order chi connectivity index (χ0) is 18.2. The summed E-state index contributed by atoms with van der Waals surface area (Å²) in [5.74, 6) is 0. The highest BCUT2D eigenvalue weighted by Crippen LogP contribution is 2.37. The van der Waals surface area contributed by atoms with Crippen molar-refractivity contribution in [1.29, 1.82) is 0 Å². The van der Waals surface area contributed by atoms with E-state index >= 15 is 0 Å². The highest BCUT2D eigenvalue weighted by Gasteiger charge is 2.26. The summed E-state index contributed by atoms with van der Waals surface area (Å²) in [7, 11) is -0.835. The van der Waals surface area contributed by atoms with Crippen molar-refractivity contribution in [2.75, 3.05) is 14.1 Å². The van der Waals surface area contributed by atoms with Crippen LogP contribution in [-0.2, 0) is 10.0 Å². The number of hydrogen-bond donors (Lipinski definition) is 0. The maximum Gasteiger partial charge on any atom is 0.284 e. The van der Waals surface area contributed by atoms with Gasteiger partial charge in [0.15, 0.2) is 0 Å². The normalized spacial score (nSPS) is 14.8. The van der Waals surface area contributed by atoms with Crippen LogP contribution in [0.4, 0.5) is 5.69 Å². The van der Waals surface area contributed by atoms with Crippen molar-refractivity contribution in [3.63, 3.8) is 0 Å². The van der Waals surface area contributed by atoms with Crippen LogP contribution in [0, 0.1) is 10.1 Å². The fourth-order valence-electron chi connectivity index (χ4n) is 2.31. The van der Waals surface area contributed by atoms with Crippen molar-refractivity contribution in [2.45, 2.75) is 23.8 Å². The molecule has 0 unspecified atom stereocenters. The molecule has 1 aliphatic carbocycles. The monoisotopic (exact) mass is 363 g/mol. The highest BCUT2D eigenvalue weighted by molar-refractivity contribution is 7.90. The molecule has 1 fully saturated rings. The molecule has 2 aromatic rings. The number of rotatable bonds is 6. The molecule has 3 rings (SSSR count). The van der Waals surface area contributed by atoms with Crippen molar-refractivity contribution < 1.29 is 13.3 Å². The molecular weight excluding hydrogens is 346 g/mol. The highest BCUT2D eigenvalue weighted by atomic mass is 32.2. The van der Waals surface area contributed by atoms with E-state index in [1.54, 1.807) is 31.2 Å². The van der Waals surface area contributed by atoms with E-state index in [9.17, 15) is 18.5 Å². The fourth-order valence-corrected chi connectivity index (χ4v) is 3.47. The fraction of sp³-hybridized carbons (Fsp3) is 0.333. The van der Waals surface area contributed by atoms with E-state index in [0.717, 1.165) is 25.2 Å². The van der Waals surface area contributed by atoms with Gasteiger partial charge >= 0.3 is 0 Å². The van der Waals surface area contributed by atoms with E-state index in [2.05, 4.69) is 9.50 Å². The van der Waals surface area contributed by atoms with Gasteiger partial charge in [0.2, 0.25) is 0 Å². The van der Waals surface area contributed by atoms with E-state index in [-0.39, 0.29) is 10.6 Å². The van der Waals surface area contributed by atoms with E-state index in [4.69, 9.17) is 0 Å². The van der Waals surface area contributed by atoms with Gasteiger partial charge in [0.25, 0.3) is 15.7 Å². The number of hydrogen-bond acceptors (Lipinski definition) is 5. The van der Waals surface area contributed by atoms with Crippen LogP contribution < -0.4 is 0 Å². The third-order valence-electron chi connectivity index (χ3n) is 3.70. The topological polar surface area (TPSA) is 111 Å². The Kier molecular flexibility index (Phi) is 4.29. The molecule has 0 N–H and O–H groups in total. The maximum absolute atomic E-state index is 12.6. The van der Waals surface area contributed by atoms with E-state index in [1.807, 2.05) is 0 Å². The van der Waals surface area contributed by atoms with Gasteiger partial charge in [-0.15, -0.1) is 4.40 Å². The molecule has 132 valence electrons. The minimum atomic E-state index is -4.10. The Bertz CT molecular complexity index is 945. The third kappa shape index (κ3) is 3.68. The van der Waals surface area contributed by atoms with Crippen LogP contribution in [0.25, 0.3) is 11.1 Å². The Morgan fingerprint density at radius 2 is 2.12 bits per heavy atom. The van der Waals surface area contributed by atoms with Crippen LogP contribution >= 0.6 is 0 Å². The van der Waals surface area contributed by atoms with Crippen molar-refractivity contribution in [3.8, 4) is 11.1 Å². The van der Waals surface area contributed by atoms with Gasteiger partial charge in [-0.3, -0.25) is 14.8 Å². The molecule has 0 radical (unpaired) electrons. The first-order chi connectivity index (χ1) is 11.8. The average molecular weight is 363 g/mol. The summed E-state index contributed by atoms with van der Waals surface area (Å²) < 4.78 is 30.5. The molecule has 0 atom stereocenters. The predicted octanol–water partition coefficient (Wildman–Crippen LogP) is 2.07. The summed E-state index contributed by atoms with van der Waals surface area (Å²) >= 11 is 0. The predicted molar refractivity (Wildman–Crippen MR) is 92.0 cm³/mol. The van der Waals surface area contributed by atoms with Crippen LogP contribution in [0.2, 0.25) is 0 Å². The van der Waals surface area contributed by atoms with E-state index in [1.165, 1.54) is 17.0 Å². The summed E-state index contributed by atoms with van der Waals surface area (Å²) in [6.45, 7) is 0. The smallest absolute Gasteiger partial charge is 0.284 e. The second-order valence-electron chi connectivity index (χ2n) is 6.04. The standard InChI is InChI=1S/C15H17N5O4S/c1-18(2)10-17-25(23,24)15-7-13(20(21)22)5-6-14(15)11-8-16-19(9-11)12-3-4-12/h5-10,12H,3-4H2,1-2H3. The number of sulfonamides is 1. The quantitative estimate of drug-likeness (QED) is 0.336. The number of nitro benzene ring substituents is 1. The molecule has 10 heteroatoms. The lowest BCUT2D eigenvalue weighted by atomic mass is 10.1. The summed E-state index contributed by atoms with van der Waals surface area (Å²) in [5, 5.41) is 15.3. The SMILES string of the molecule is CN(C)C=NS(=O)(=O)c1cc([N+](=O)[O-])ccc1-c1cnn(C2CC2)c1. The van der Waals surface area contributed by atoms with Gasteiger partial charge in [-0.05, 0) is 18.9 Å². The molecular formula is C15H17N5O4S. The first kappa shape index (κ1) is 17.1. The number of aromatic nitrogens is 2. The summed E-state index contributed by atoms with van der Waals surface area (Å²) in [6, 6.07) is 4.08. The molecule has 0 saturated heterocycles. The lowest BCUT2D eigenvalue weighted by Crippen LogP contribution is -2.10. The first-order valence-corrected chi connectivity index (χ1v) is 9.02. The summed E-state index contributed by atoms with van der Waals surface area (Å²) in [5.41, 5.74) is 0.616. The molecule has 0 amide bonds. The number of nitro groups is 1. The second kappa shape index (κ2) is 6.28. The molecule has 0 aliphatic heterocycles. The van der Waals surface area contributed by atoms with Crippen molar-refractivity contribution in [3.05, 3.63) is 40.7 Å². The zero-order valence-electron chi connectivity index (χ0n) is 13.7. The van der Waals surface area contributed by atoms with Crippen LogP contribution in [-0.4, -0.2) is 48.5 Å². The summed E-state index contributed by atoms with van der Waals surface area (Å²) in [4.78, 5) is 11.7. The van der Waals surface area contributed by atoms with Crippen LogP contribution in [0.5, 0.6) is 0 Å². The number of non-ortho nitro benzene ring substituents is 1. The molecule has 1 aromatic heterocycles. The Balaban J connectivity index is 2.12. The summed E-state index contributed by atoms with van der Waals surface area (Å²) in [6.07, 6.45) is 6.55. The molecule has 9 nitrogen and oxygen atoms in total. The number of benzene rings is 1. The molecule has 1 aromatic carbocycles. The van der Waals surface area contributed by atoms with Crippen molar-refractivity contribution in [2.24, 2.45) is 4.40 Å². The van der Waals surface area contributed by atoms with E-state index in [0.29, 0.717) is 17.2 Å². The zero-order valence-corrected chi connectivity index (χ0v) is 14.5. The average Bonchev–Trinajstić information content (AvgIpc) is 3.30. The number of nitrogens with zero attached hydrogens (tertiary/aromatic N) is 5. The molecule has 1 saturated carbocycles. The molecule has 0 spiro atoms. The van der Waals surface area contributed by atoms with Crippen molar-refractivity contribution >= 4 is 22.0 Å². The van der Waals surface area contributed by atoms with Gasteiger partial charge in [-0.25, -0.2) is 0 Å². The first-order valence-electron chi connectivity index (χ1n) is 7.58. The van der Waals surface area contributed by atoms with E-state index < -0.39 is 14.9 Å². The van der Waals surface area contributed by atoms with Crippen LogP contribution in [0.15, 0.2) is 39.9 Å². The van der Waals surface area contributed by atoms with Crippen LogP contribution in [0.3, 0.4) is 0 Å². The Labute approximate surface area is 144 Å². The van der Waals surface area contributed by atoms with Gasteiger partial charge in [0.05, 0.1) is 17.2 Å². The largest absolute Gasteiger partial charge is 0.368 e. The van der Waals surface area contributed by atoms with Gasteiger partial charge in [-0.2, -0.15) is 13.5 Å². The molecule has 1 heterocycles. The lowest BCUT2D eigenvalue weighted by Gasteiger charge is -2.07. The Hall–Kier alpha value is -2.75. The molecule has 0 bridgehead atoms. The van der Waals surface area contributed by atoms with Gasteiger partial charge in [-0.1, -0.05) is 0 Å². The minimum absolute atomic E-state index is 0.213. The van der Waals surface area contributed by atoms with Gasteiger partial charge in [0, 0.05) is 43.6 Å². The van der Waals surface area contributed by atoms with Gasteiger partial charge < -0.3 is 4.90 Å². The minimum Gasteiger partial charge on any atom is -0.368 e. The maximum atomic E-state index is 12.6. The molecule has 25 heavy (non-hydrogen) atoms. The lowest BCUT2D eigenvalue weighted by molar-refractivity contribution is -0.385.